The zero-order chi connectivity index (χ0) is 12.8. The molecule has 0 fully saturated rings. The Labute approximate surface area is 95.0 Å². The lowest BCUT2D eigenvalue weighted by Gasteiger charge is -2.11. The molecule has 1 atom stereocenters. The van der Waals surface area contributed by atoms with E-state index >= 15 is 0 Å². The largest absolute Gasteiger partial charge is 0.481 e. The van der Waals surface area contributed by atoms with Crippen molar-refractivity contribution in [1.82, 2.24) is 5.32 Å². The first-order chi connectivity index (χ1) is 7.26. The summed E-state index contributed by atoms with van der Waals surface area (Å²) in [6, 6.07) is 0. The molecule has 0 aliphatic rings. The number of hydrogen-bond acceptors (Lipinski definition) is 4. The minimum absolute atomic E-state index is 0.0302. The van der Waals surface area contributed by atoms with Gasteiger partial charge in [0.25, 0.3) is 0 Å². The highest BCUT2D eigenvalue weighted by Gasteiger charge is 2.18. The molecule has 0 heterocycles. The number of carboxylic acids is 1. The number of carbonyl (C=O) groups excluding carboxylic acids is 1. The van der Waals surface area contributed by atoms with Crippen molar-refractivity contribution in [1.29, 1.82) is 0 Å². The van der Waals surface area contributed by atoms with Crippen LogP contribution in [0.5, 0.6) is 0 Å². The Morgan fingerprint density at radius 1 is 1.38 bits per heavy atom. The van der Waals surface area contributed by atoms with Gasteiger partial charge in [-0.2, -0.15) is 0 Å². The van der Waals surface area contributed by atoms with Gasteiger partial charge >= 0.3 is 5.97 Å². The summed E-state index contributed by atoms with van der Waals surface area (Å²) < 4.78 is 21.5. The second-order valence-electron chi connectivity index (χ2n) is 3.70. The van der Waals surface area contributed by atoms with Crippen LogP contribution >= 0.6 is 0 Å². The quantitative estimate of drug-likeness (QED) is 0.644. The SMILES string of the molecule is CCCC(CNC(=O)CS(C)(=O)=O)C(=O)O. The molecular weight excluding hydrogens is 234 g/mol. The summed E-state index contributed by atoms with van der Waals surface area (Å²) in [7, 11) is -3.36. The van der Waals surface area contributed by atoms with Gasteiger partial charge in [0.1, 0.15) is 5.75 Å². The van der Waals surface area contributed by atoms with Crippen molar-refractivity contribution in [3.63, 3.8) is 0 Å². The van der Waals surface area contributed by atoms with Crippen molar-refractivity contribution in [2.24, 2.45) is 5.92 Å². The Bertz CT molecular complexity index is 349. The van der Waals surface area contributed by atoms with Crippen LogP contribution in [0.4, 0.5) is 0 Å². The second kappa shape index (κ2) is 6.47. The van der Waals surface area contributed by atoms with Crippen LogP contribution < -0.4 is 5.32 Å². The Balaban J connectivity index is 4.11. The molecule has 0 saturated carbocycles. The molecule has 1 unspecified atom stereocenters. The molecule has 6 nitrogen and oxygen atoms in total. The third-order valence-corrected chi connectivity index (χ3v) is 2.71. The average molecular weight is 251 g/mol. The van der Waals surface area contributed by atoms with E-state index in [9.17, 15) is 18.0 Å². The van der Waals surface area contributed by atoms with E-state index in [2.05, 4.69) is 5.32 Å². The van der Waals surface area contributed by atoms with E-state index < -0.39 is 33.4 Å². The predicted molar refractivity (Wildman–Crippen MR) is 58.8 cm³/mol. The minimum atomic E-state index is -3.36. The lowest BCUT2D eigenvalue weighted by Crippen LogP contribution is -2.36. The number of nitrogens with one attached hydrogen (secondary N) is 1. The van der Waals surface area contributed by atoms with Crippen LogP contribution in [0.2, 0.25) is 0 Å². The van der Waals surface area contributed by atoms with Gasteiger partial charge < -0.3 is 10.4 Å². The standard InChI is InChI=1S/C9H17NO5S/c1-3-4-7(9(12)13)5-10-8(11)6-16(2,14)15/h7H,3-6H2,1-2H3,(H,10,11)(H,12,13). The van der Waals surface area contributed by atoms with E-state index in [-0.39, 0.29) is 6.54 Å². The number of carbonyl (C=O) groups is 2. The first-order valence-corrected chi connectivity index (χ1v) is 6.99. The van der Waals surface area contributed by atoms with Gasteiger partial charge in [0, 0.05) is 12.8 Å². The Morgan fingerprint density at radius 3 is 2.31 bits per heavy atom. The zero-order valence-electron chi connectivity index (χ0n) is 9.39. The van der Waals surface area contributed by atoms with E-state index in [4.69, 9.17) is 5.11 Å². The number of hydrogen-bond donors (Lipinski definition) is 2. The van der Waals surface area contributed by atoms with Gasteiger partial charge in [-0.1, -0.05) is 13.3 Å². The third kappa shape index (κ3) is 7.22. The fourth-order valence-corrected chi connectivity index (χ4v) is 1.77. The molecule has 0 radical (unpaired) electrons. The molecule has 94 valence electrons. The van der Waals surface area contributed by atoms with Gasteiger partial charge in [0.2, 0.25) is 5.91 Å². The van der Waals surface area contributed by atoms with Gasteiger partial charge in [-0.25, -0.2) is 8.42 Å². The van der Waals surface area contributed by atoms with Gasteiger partial charge in [-0.3, -0.25) is 9.59 Å². The smallest absolute Gasteiger partial charge is 0.308 e. The van der Waals surface area contributed by atoms with E-state index in [1.54, 1.807) is 0 Å². The van der Waals surface area contributed by atoms with Gasteiger partial charge in [0.05, 0.1) is 5.92 Å². The number of aliphatic carboxylic acids is 1. The van der Waals surface area contributed by atoms with Crippen LogP contribution in [0.25, 0.3) is 0 Å². The van der Waals surface area contributed by atoms with Crippen molar-refractivity contribution in [2.75, 3.05) is 18.6 Å². The molecule has 0 aliphatic heterocycles. The van der Waals surface area contributed by atoms with Crippen LogP contribution in [0.1, 0.15) is 19.8 Å². The molecule has 7 heteroatoms. The molecule has 2 N–H and O–H groups in total. The van der Waals surface area contributed by atoms with Crippen LogP contribution in [0.15, 0.2) is 0 Å². The second-order valence-corrected chi connectivity index (χ2v) is 5.84. The summed E-state index contributed by atoms with van der Waals surface area (Å²) in [5.41, 5.74) is 0. The summed E-state index contributed by atoms with van der Waals surface area (Å²) in [6.45, 7) is 1.81. The van der Waals surface area contributed by atoms with Crippen LogP contribution in [0.3, 0.4) is 0 Å². The monoisotopic (exact) mass is 251 g/mol. The van der Waals surface area contributed by atoms with Gasteiger partial charge in [-0.15, -0.1) is 0 Å². The van der Waals surface area contributed by atoms with Crippen LogP contribution in [-0.4, -0.2) is 44.0 Å². The molecular formula is C9H17NO5S. The number of sulfone groups is 1. The van der Waals surface area contributed by atoms with Crippen molar-refractivity contribution in [3.05, 3.63) is 0 Å². The minimum Gasteiger partial charge on any atom is -0.481 e. The average Bonchev–Trinajstić information content (AvgIpc) is 2.08. The number of rotatable bonds is 7. The molecule has 0 spiro atoms. The van der Waals surface area contributed by atoms with Gasteiger partial charge in [-0.05, 0) is 6.42 Å². The van der Waals surface area contributed by atoms with E-state index in [0.717, 1.165) is 6.26 Å². The first kappa shape index (κ1) is 14.9. The summed E-state index contributed by atoms with van der Waals surface area (Å²) in [6.07, 6.45) is 2.10. The summed E-state index contributed by atoms with van der Waals surface area (Å²) in [5, 5.41) is 11.1. The maximum absolute atomic E-state index is 11.1. The molecule has 0 saturated heterocycles. The highest BCUT2D eigenvalue weighted by molar-refractivity contribution is 7.91. The fraction of sp³-hybridized carbons (Fsp3) is 0.778. The van der Waals surface area contributed by atoms with Gasteiger partial charge in [0.15, 0.2) is 9.84 Å². The highest BCUT2D eigenvalue weighted by Crippen LogP contribution is 2.04. The normalized spacial score (nSPS) is 13.1. The van der Waals surface area contributed by atoms with Crippen LogP contribution in [0, 0.1) is 5.92 Å². The topological polar surface area (TPSA) is 101 Å². The molecule has 0 aromatic carbocycles. The van der Waals surface area contributed by atoms with E-state index in [1.165, 1.54) is 0 Å². The number of amides is 1. The van der Waals surface area contributed by atoms with Crippen molar-refractivity contribution in [3.8, 4) is 0 Å². The Morgan fingerprint density at radius 2 is 1.94 bits per heavy atom. The lowest BCUT2D eigenvalue weighted by atomic mass is 10.0. The number of carboxylic acid groups (broad SMARTS) is 1. The van der Waals surface area contributed by atoms with Crippen molar-refractivity contribution < 1.29 is 23.1 Å². The Hall–Kier alpha value is -1.11. The lowest BCUT2D eigenvalue weighted by molar-refractivity contribution is -0.141. The Kier molecular flexibility index (Phi) is 6.02. The van der Waals surface area contributed by atoms with E-state index in [1.807, 2.05) is 6.92 Å². The molecule has 16 heavy (non-hydrogen) atoms. The maximum Gasteiger partial charge on any atom is 0.308 e. The first-order valence-electron chi connectivity index (χ1n) is 4.93. The molecule has 0 aliphatic carbocycles. The molecule has 0 rings (SSSR count). The molecule has 0 aromatic rings. The van der Waals surface area contributed by atoms with E-state index in [0.29, 0.717) is 12.8 Å². The summed E-state index contributed by atoms with van der Waals surface area (Å²) in [5.74, 6) is -2.91. The molecule has 1 amide bonds. The predicted octanol–water partition coefficient (Wildman–Crippen LogP) is -0.352. The highest BCUT2D eigenvalue weighted by atomic mass is 32.2. The molecule has 0 bridgehead atoms. The maximum atomic E-state index is 11.1. The van der Waals surface area contributed by atoms with Crippen molar-refractivity contribution >= 4 is 21.7 Å². The molecule has 0 aromatic heterocycles. The summed E-state index contributed by atoms with van der Waals surface area (Å²) in [4.78, 5) is 21.8. The van der Waals surface area contributed by atoms with Crippen LogP contribution in [-0.2, 0) is 19.4 Å². The van der Waals surface area contributed by atoms with Crippen molar-refractivity contribution in [2.45, 2.75) is 19.8 Å². The third-order valence-electron chi connectivity index (χ3n) is 1.93. The zero-order valence-corrected chi connectivity index (χ0v) is 10.2. The fourth-order valence-electron chi connectivity index (χ4n) is 1.19. The summed E-state index contributed by atoms with van der Waals surface area (Å²) >= 11 is 0.